The highest BCUT2D eigenvalue weighted by atomic mass is 16.5. The van der Waals surface area contributed by atoms with E-state index in [9.17, 15) is 4.79 Å². The molecule has 0 bridgehead atoms. The molecule has 5 rings (SSSR count). The lowest BCUT2D eigenvalue weighted by Crippen LogP contribution is -2.37. The van der Waals surface area contributed by atoms with E-state index in [0.29, 0.717) is 18.7 Å². The van der Waals surface area contributed by atoms with Crippen molar-refractivity contribution in [3.63, 3.8) is 0 Å². The highest BCUT2D eigenvalue weighted by Crippen LogP contribution is 2.48. The first-order chi connectivity index (χ1) is 15.2. The van der Waals surface area contributed by atoms with Crippen molar-refractivity contribution in [1.29, 1.82) is 5.26 Å². The molecule has 1 aliphatic carbocycles. The fraction of sp³-hybridized carbons (Fsp3) is 0.391. The summed E-state index contributed by atoms with van der Waals surface area (Å²) in [5.41, 5.74) is 1.95. The summed E-state index contributed by atoms with van der Waals surface area (Å²) in [6, 6.07) is 11.4. The number of ether oxygens (including phenoxy) is 1. The lowest BCUT2D eigenvalue weighted by molar-refractivity contribution is -0.130. The highest BCUT2D eigenvalue weighted by molar-refractivity contribution is 5.87. The number of rotatable bonds is 5. The number of carbonyl (C=O) groups is 1. The highest BCUT2D eigenvalue weighted by Gasteiger charge is 2.47. The molecule has 1 aliphatic heterocycles. The van der Waals surface area contributed by atoms with Crippen molar-refractivity contribution < 1.29 is 9.53 Å². The topological polar surface area (TPSA) is 98.1 Å². The number of H-pyrrole nitrogens is 1. The van der Waals surface area contributed by atoms with Gasteiger partial charge in [-0.2, -0.15) is 5.26 Å². The summed E-state index contributed by atoms with van der Waals surface area (Å²) in [6.45, 7) is 3.17. The molecule has 1 saturated heterocycles. The Bertz CT molecular complexity index is 1130. The molecule has 1 saturated carbocycles. The van der Waals surface area contributed by atoms with E-state index in [1.54, 1.807) is 6.33 Å². The van der Waals surface area contributed by atoms with Gasteiger partial charge >= 0.3 is 0 Å². The summed E-state index contributed by atoms with van der Waals surface area (Å²) in [5.74, 6) is 1.73. The molecule has 8 heteroatoms. The monoisotopic (exact) mass is 416 g/mol. The first kappa shape index (κ1) is 19.4. The Morgan fingerprint density at radius 2 is 2.00 bits per heavy atom. The zero-order valence-corrected chi connectivity index (χ0v) is 17.3. The van der Waals surface area contributed by atoms with Crippen molar-refractivity contribution >= 4 is 22.8 Å². The minimum absolute atomic E-state index is 0.0199. The summed E-state index contributed by atoms with van der Waals surface area (Å²) in [5, 5.41) is 9.64. The summed E-state index contributed by atoms with van der Waals surface area (Å²) < 4.78 is 5.29. The zero-order chi connectivity index (χ0) is 21.3. The van der Waals surface area contributed by atoms with Crippen molar-refractivity contribution in [1.82, 2.24) is 19.9 Å². The number of nitrogens with one attached hydrogen (secondary N) is 1. The number of amides is 1. The summed E-state index contributed by atoms with van der Waals surface area (Å²) in [4.78, 5) is 29.5. The van der Waals surface area contributed by atoms with Gasteiger partial charge in [-0.1, -0.05) is 12.1 Å². The summed E-state index contributed by atoms with van der Waals surface area (Å²) in [7, 11) is 0. The number of benzene rings is 1. The Kier molecular flexibility index (Phi) is 4.94. The van der Waals surface area contributed by atoms with Crippen LogP contribution in [0.4, 0.5) is 5.82 Å². The van der Waals surface area contributed by atoms with Crippen molar-refractivity contribution in [2.24, 2.45) is 5.41 Å². The van der Waals surface area contributed by atoms with Gasteiger partial charge in [-0.15, -0.1) is 0 Å². The molecule has 1 aromatic carbocycles. The fourth-order valence-electron chi connectivity index (χ4n) is 4.36. The van der Waals surface area contributed by atoms with E-state index >= 15 is 0 Å². The Morgan fingerprint density at radius 3 is 2.77 bits per heavy atom. The van der Waals surface area contributed by atoms with Gasteiger partial charge in [0.25, 0.3) is 0 Å². The van der Waals surface area contributed by atoms with Crippen LogP contribution in [0.5, 0.6) is 5.75 Å². The molecule has 0 radical (unpaired) electrons. The standard InChI is InChI=1S/C23H24N6O2/c24-8-12-31-18-3-1-17(2-4-18)13-20(30)28-10-11-29(15-23(14-28)6-7-23)22-19-5-9-25-21(19)26-16-27-22/h1-5,9,16H,6-7,10-15H2,(H,25,26,27). The number of anilines is 1. The first-order valence-corrected chi connectivity index (χ1v) is 10.6. The Balaban J connectivity index is 1.29. The molecule has 0 unspecified atom stereocenters. The molecule has 2 aromatic heterocycles. The predicted molar refractivity (Wildman–Crippen MR) is 116 cm³/mol. The molecule has 3 aromatic rings. The quantitative estimate of drug-likeness (QED) is 0.686. The van der Waals surface area contributed by atoms with E-state index in [-0.39, 0.29) is 17.9 Å². The average Bonchev–Trinajstić information content (AvgIpc) is 3.43. The molecular formula is C23H24N6O2. The molecule has 2 fully saturated rings. The summed E-state index contributed by atoms with van der Waals surface area (Å²) >= 11 is 0. The van der Waals surface area contributed by atoms with E-state index < -0.39 is 0 Å². The Hall–Kier alpha value is -3.60. The molecule has 1 spiro atoms. The zero-order valence-electron chi connectivity index (χ0n) is 17.3. The van der Waals surface area contributed by atoms with Gasteiger partial charge in [0.2, 0.25) is 5.91 Å². The number of carbonyl (C=O) groups excluding carboxylic acids is 1. The SMILES string of the molecule is N#CCOc1ccc(CC(=O)N2CCN(c3ncnc4[nH]ccc34)CC3(CC3)C2)cc1. The van der Waals surface area contributed by atoms with Crippen LogP contribution in [0, 0.1) is 16.7 Å². The number of aromatic nitrogens is 3. The number of aromatic amines is 1. The minimum Gasteiger partial charge on any atom is -0.479 e. The molecule has 1 N–H and O–H groups in total. The van der Waals surface area contributed by atoms with Crippen LogP contribution in [0.1, 0.15) is 18.4 Å². The van der Waals surface area contributed by atoms with Crippen LogP contribution in [0.3, 0.4) is 0 Å². The van der Waals surface area contributed by atoms with Crippen molar-refractivity contribution in [3.05, 3.63) is 48.4 Å². The molecule has 2 aliphatic rings. The van der Waals surface area contributed by atoms with Gasteiger partial charge < -0.3 is 19.5 Å². The molecule has 158 valence electrons. The number of fused-ring (bicyclic) bond motifs is 1. The molecule has 0 atom stereocenters. The lowest BCUT2D eigenvalue weighted by atomic mass is 10.1. The number of nitrogens with zero attached hydrogens (tertiary/aromatic N) is 5. The largest absolute Gasteiger partial charge is 0.479 e. The lowest BCUT2D eigenvalue weighted by Gasteiger charge is -2.25. The van der Waals surface area contributed by atoms with Gasteiger partial charge in [0.15, 0.2) is 6.61 Å². The smallest absolute Gasteiger partial charge is 0.227 e. The van der Waals surface area contributed by atoms with E-state index in [1.165, 1.54) is 0 Å². The molecule has 31 heavy (non-hydrogen) atoms. The van der Waals surface area contributed by atoms with Gasteiger partial charge in [-0.3, -0.25) is 4.79 Å². The van der Waals surface area contributed by atoms with Gasteiger partial charge in [0.1, 0.15) is 29.6 Å². The average molecular weight is 416 g/mol. The maximum Gasteiger partial charge on any atom is 0.227 e. The molecule has 1 amide bonds. The number of hydrogen-bond acceptors (Lipinski definition) is 6. The van der Waals surface area contributed by atoms with E-state index in [0.717, 1.165) is 54.9 Å². The number of nitriles is 1. The normalized spacial score (nSPS) is 17.4. The van der Waals surface area contributed by atoms with Crippen LogP contribution in [-0.4, -0.2) is 58.5 Å². The summed E-state index contributed by atoms with van der Waals surface area (Å²) in [6.07, 6.45) is 6.13. The van der Waals surface area contributed by atoms with Crippen LogP contribution in [-0.2, 0) is 11.2 Å². The van der Waals surface area contributed by atoms with Crippen molar-refractivity contribution in [2.45, 2.75) is 19.3 Å². The van der Waals surface area contributed by atoms with Gasteiger partial charge in [-0.05, 0) is 36.6 Å². The molecule has 3 heterocycles. The second-order valence-corrected chi connectivity index (χ2v) is 8.44. The van der Waals surface area contributed by atoms with E-state index in [2.05, 4.69) is 19.9 Å². The third kappa shape index (κ3) is 4.04. The molecule has 8 nitrogen and oxygen atoms in total. The number of hydrogen-bond donors (Lipinski definition) is 1. The predicted octanol–water partition coefficient (Wildman–Crippen LogP) is 2.53. The fourth-order valence-corrected chi connectivity index (χ4v) is 4.36. The maximum atomic E-state index is 13.1. The Morgan fingerprint density at radius 1 is 1.16 bits per heavy atom. The van der Waals surface area contributed by atoms with Crippen molar-refractivity contribution in [3.8, 4) is 11.8 Å². The van der Waals surface area contributed by atoms with Crippen LogP contribution in [0.25, 0.3) is 11.0 Å². The third-order valence-corrected chi connectivity index (χ3v) is 6.22. The van der Waals surface area contributed by atoms with E-state index in [1.807, 2.05) is 47.5 Å². The van der Waals surface area contributed by atoms with E-state index in [4.69, 9.17) is 10.00 Å². The second-order valence-electron chi connectivity index (χ2n) is 8.44. The Labute approximate surface area is 180 Å². The van der Waals surface area contributed by atoms with Gasteiger partial charge in [-0.25, -0.2) is 9.97 Å². The van der Waals surface area contributed by atoms with Crippen LogP contribution in [0.15, 0.2) is 42.9 Å². The van der Waals surface area contributed by atoms with Crippen LogP contribution in [0.2, 0.25) is 0 Å². The van der Waals surface area contributed by atoms with Crippen LogP contribution >= 0.6 is 0 Å². The van der Waals surface area contributed by atoms with Crippen LogP contribution < -0.4 is 9.64 Å². The van der Waals surface area contributed by atoms with Crippen molar-refractivity contribution in [2.75, 3.05) is 37.7 Å². The minimum atomic E-state index is 0.0199. The van der Waals surface area contributed by atoms with Gasteiger partial charge in [0, 0.05) is 37.8 Å². The molecular weight excluding hydrogens is 392 g/mol. The second kappa shape index (κ2) is 7.91. The van der Waals surface area contributed by atoms with Gasteiger partial charge in [0.05, 0.1) is 11.8 Å². The third-order valence-electron chi connectivity index (χ3n) is 6.22. The first-order valence-electron chi connectivity index (χ1n) is 10.6. The maximum absolute atomic E-state index is 13.1.